The van der Waals surface area contributed by atoms with E-state index in [1.807, 2.05) is 16.7 Å². The first-order valence-corrected chi connectivity index (χ1v) is 10.0. The molecule has 1 saturated heterocycles. The molecule has 5 nitrogen and oxygen atoms in total. The molecule has 0 radical (unpaired) electrons. The van der Waals surface area contributed by atoms with Gasteiger partial charge in [0.05, 0.1) is 0 Å². The molecule has 0 aliphatic carbocycles. The molecule has 2 N–H and O–H groups in total. The summed E-state index contributed by atoms with van der Waals surface area (Å²) in [5, 5.41) is 6.72. The Balaban J connectivity index is 1.81. The highest BCUT2D eigenvalue weighted by Gasteiger charge is 2.19. The maximum Gasteiger partial charge on any atom is 0.222 e. The lowest BCUT2D eigenvalue weighted by Crippen LogP contribution is -2.42. The molecular formula is C19H30N4OS. The minimum Gasteiger partial charge on any atom is -0.355 e. The van der Waals surface area contributed by atoms with Gasteiger partial charge >= 0.3 is 0 Å². The van der Waals surface area contributed by atoms with Gasteiger partial charge in [0.15, 0.2) is 5.96 Å². The molecule has 0 unspecified atom stereocenters. The van der Waals surface area contributed by atoms with Crippen LogP contribution in [0.15, 0.2) is 29.3 Å². The Bertz CT molecular complexity index is 598. The lowest BCUT2D eigenvalue weighted by Gasteiger charge is -2.23. The second kappa shape index (κ2) is 9.13. The Kier molecular flexibility index (Phi) is 7.17. The predicted octanol–water partition coefficient (Wildman–Crippen LogP) is 2.62. The van der Waals surface area contributed by atoms with Crippen molar-refractivity contribution < 1.29 is 4.79 Å². The molecule has 1 amide bonds. The molecule has 0 saturated carbocycles. The first-order valence-electron chi connectivity index (χ1n) is 8.79. The van der Waals surface area contributed by atoms with Crippen LogP contribution >= 0.6 is 11.8 Å². The molecule has 1 fully saturated rings. The van der Waals surface area contributed by atoms with Crippen LogP contribution in [0.25, 0.3) is 0 Å². The third kappa shape index (κ3) is 6.27. The zero-order chi connectivity index (χ0) is 18.3. The lowest BCUT2D eigenvalue weighted by molar-refractivity contribution is -0.128. The quantitative estimate of drug-likeness (QED) is 0.578. The second-order valence-electron chi connectivity index (χ2n) is 6.98. The van der Waals surface area contributed by atoms with Crippen LogP contribution in [-0.2, 0) is 17.9 Å². The number of carbonyl (C=O) groups is 1. The number of nitrogens with one attached hydrogen (secondary N) is 2. The number of nitrogens with zero attached hydrogens (tertiary/aromatic N) is 2. The fourth-order valence-corrected chi connectivity index (χ4v) is 2.85. The molecule has 2 rings (SSSR count). The molecule has 1 aromatic rings. The molecule has 0 spiro atoms. The summed E-state index contributed by atoms with van der Waals surface area (Å²) in [6.07, 6.45) is 3.80. The van der Waals surface area contributed by atoms with Crippen LogP contribution in [0.5, 0.6) is 0 Å². The zero-order valence-electron chi connectivity index (χ0n) is 15.8. The molecule has 1 aliphatic rings. The van der Waals surface area contributed by atoms with Gasteiger partial charge in [0.1, 0.15) is 0 Å². The van der Waals surface area contributed by atoms with Gasteiger partial charge in [0.2, 0.25) is 5.91 Å². The van der Waals surface area contributed by atoms with Crippen molar-refractivity contribution in [1.82, 2.24) is 15.5 Å². The number of amides is 1. The summed E-state index contributed by atoms with van der Waals surface area (Å²) < 4.78 is 0.173. The van der Waals surface area contributed by atoms with Crippen molar-refractivity contribution in [3.63, 3.8) is 0 Å². The molecule has 1 heterocycles. The fraction of sp³-hybridized carbons (Fsp3) is 0.579. The summed E-state index contributed by atoms with van der Waals surface area (Å²) >= 11 is 1.84. The Morgan fingerprint density at radius 1 is 1.24 bits per heavy atom. The highest BCUT2D eigenvalue weighted by atomic mass is 32.2. The number of guanidine groups is 1. The van der Waals surface area contributed by atoms with Crippen molar-refractivity contribution in [2.45, 2.75) is 44.5 Å². The SMILES string of the molecule is CN=C(NCc1ccc(CN2CCCC2=O)cc1)NCC(C)(C)SC. The minimum atomic E-state index is 0.173. The van der Waals surface area contributed by atoms with Crippen molar-refractivity contribution in [1.29, 1.82) is 0 Å². The number of likely N-dealkylation sites (tertiary alicyclic amines) is 1. The zero-order valence-corrected chi connectivity index (χ0v) is 16.6. The number of thioether (sulfide) groups is 1. The summed E-state index contributed by atoms with van der Waals surface area (Å²) in [7, 11) is 1.79. The van der Waals surface area contributed by atoms with Gasteiger partial charge in [-0.1, -0.05) is 24.3 Å². The van der Waals surface area contributed by atoms with Crippen molar-refractivity contribution >= 4 is 23.6 Å². The van der Waals surface area contributed by atoms with E-state index in [-0.39, 0.29) is 10.7 Å². The average molecular weight is 363 g/mol. The second-order valence-corrected chi connectivity index (χ2v) is 8.49. The van der Waals surface area contributed by atoms with Crippen molar-refractivity contribution in [2.75, 3.05) is 26.4 Å². The monoisotopic (exact) mass is 362 g/mol. The van der Waals surface area contributed by atoms with Crippen LogP contribution in [-0.4, -0.2) is 47.9 Å². The smallest absolute Gasteiger partial charge is 0.222 e. The van der Waals surface area contributed by atoms with Crippen LogP contribution in [0.3, 0.4) is 0 Å². The first kappa shape index (κ1) is 19.6. The number of hydrogen-bond acceptors (Lipinski definition) is 3. The van der Waals surface area contributed by atoms with E-state index in [0.717, 1.165) is 38.6 Å². The van der Waals surface area contributed by atoms with Gasteiger partial charge in [-0.15, -0.1) is 0 Å². The molecule has 0 aromatic heterocycles. The molecule has 0 bridgehead atoms. The molecule has 138 valence electrons. The molecule has 25 heavy (non-hydrogen) atoms. The third-order valence-corrected chi connectivity index (χ3v) is 5.74. The van der Waals surface area contributed by atoms with E-state index in [0.29, 0.717) is 6.42 Å². The van der Waals surface area contributed by atoms with Crippen LogP contribution in [0.2, 0.25) is 0 Å². The summed E-state index contributed by atoms with van der Waals surface area (Å²) in [6, 6.07) is 8.44. The van der Waals surface area contributed by atoms with Crippen molar-refractivity contribution in [3.8, 4) is 0 Å². The predicted molar refractivity (Wildman–Crippen MR) is 107 cm³/mol. The minimum absolute atomic E-state index is 0.173. The molecule has 1 aliphatic heterocycles. The van der Waals surface area contributed by atoms with Gasteiger partial charge in [-0.05, 0) is 37.7 Å². The van der Waals surface area contributed by atoms with Gasteiger partial charge in [-0.2, -0.15) is 11.8 Å². The highest BCUT2D eigenvalue weighted by Crippen LogP contribution is 2.19. The van der Waals surface area contributed by atoms with E-state index in [1.54, 1.807) is 7.05 Å². The van der Waals surface area contributed by atoms with Gasteiger partial charge in [-0.25, -0.2) is 0 Å². The van der Waals surface area contributed by atoms with E-state index in [4.69, 9.17) is 0 Å². The van der Waals surface area contributed by atoms with Gasteiger partial charge < -0.3 is 15.5 Å². The maximum absolute atomic E-state index is 11.7. The fourth-order valence-electron chi connectivity index (χ4n) is 2.63. The van der Waals surface area contributed by atoms with Crippen LogP contribution in [0, 0.1) is 0 Å². The summed E-state index contributed by atoms with van der Waals surface area (Å²) in [4.78, 5) is 17.9. The van der Waals surface area contributed by atoms with Crippen LogP contribution < -0.4 is 10.6 Å². The van der Waals surface area contributed by atoms with E-state index in [9.17, 15) is 4.79 Å². The molecular weight excluding hydrogens is 332 g/mol. The summed E-state index contributed by atoms with van der Waals surface area (Å²) in [5.41, 5.74) is 2.38. The molecule has 0 atom stereocenters. The number of benzene rings is 1. The Morgan fingerprint density at radius 3 is 2.48 bits per heavy atom. The summed E-state index contributed by atoms with van der Waals surface area (Å²) in [6.45, 7) is 7.61. The first-order chi connectivity index (χ1) is 11.9. The third-order valence-electron chi connectivity index (χ3n) is 4.49. The largest absolute Gasteiger partial charge is 0.355 e. The van der Waals surface area contributed by atoms with Gasteiger partial charge in [-0.3, -0.25) is 9.79 Å². The van der Waals surface area contributed by atoms with Crippen LogP contribution in [0.1, 0.15) is 37.8 Å². The summed E-state index contributed by atoms with van der Waals surface area (Å²) in [5.74, 6) is 1.09. The van der Waals surface area contributed by atoms with Crippen LogP contribution in [0.4, 0.5) is 0 Å². The van der Waals surface area contributed by atoms with E-state index >= 15 is 0 Å². The molecule has 6 heteroatoms. The van der Waals surface area contributed by atoms with E-state index in [2.05, 4.69) is 60.0 Å². The maximum atomic E-state index is 11.7. The van der Waals surface area contributed by atoms with Gasteiger partial charge in [0.25, 0.3) is 0 Å². The number of hydrogen-bond donors (Lipinski definition) is 2. The van der Waals surface area contributed by atoms with Crippen molar-refractivity contribution in [2.24, 2.45) is 4.99 Å². The normalized spacial score (nSPS) is 15.6. The number of rotatable bonds is 7. The van der Waals surface area contributed by atoms with E-state index in [1.165, 1.54) is 11.1 Å². The Labute approximate surface area is 155 Å². The standard InChI is InChI=1S/C19H30N4OS/c1-19(2,25-4)14-22-18(20-3)21-12-15-7-9-16(10-8-15)13-23-11-5-6-17(23)24/h7-10H,5-6,11-14H2,1-4H3,(H2,20,21,22). The Hall–Kier alpha value is -1.69. The number of aliphatic imine (C=N–C) groups is 1. The average Bonchev–Trinajstić information content (AvgIpc) is 3.01. The number of carbonyl (C=O) groups excluding carboxylic acids is 1. The van der Waals surface area contributed by atoms with E-state index < -0.39 is 0 Å². The van der Waals surface area contributed by atoms with Crippen molar-refractivity contribution in [3.05, 3.63) is 35.4 Å². The highest BCUT2D eigenvalue weighted by molar-refractivity contribution is 7.99. The lowest BCUT2D eigenvalue weighted by atomic mass is 10.1. The topological polar surface area (TPSA) is 56.7 Å². The Morgan fingerprint density at radius 2 is 1.92 bits per heavy atom. The molecule has 1 aromatic carbocycles. The van der Waals surface area contributed by atoms with Gasteiger partial charge in [0, 0.05) is 44.4 Å².